The lowest BCUT2D eigenvalue weighted by molar-refractivity contribution is 0.0940. The summed E-state index contributed by atoms with van der Waals surface area (Å²) in [6, 6.07) is 18.9. The fourth-order valence-corrected chi connectivity index (χ4v) is 2.79. The van der Waals surface area contributed by atoms with Gasteiger partial charge in [-0.25, -0.2) is 0 Å². The number of hydrogen-bond acceptors (Lipinski definition) is 2. The fraction of sp³-hybridized carbons (Fsp3) is 0.200. The third kappa shape index (κ3) is 3.71. The Morgan fingerprint density at radius 3 is 2.58 bits per heavy atom. The summed E-state index contributed by atoms with van der Waals surface area (Å²) >= 11 is 0. The Morgan fingerprint density at radius 1 is 1.08 bits per heavy atom. The van der Waals surface area contributed by atoms with E-state index in [0.717, 1.165) is 18.2 Å². The number of aryl methyl sites for hydroxylation is 1. The molecule has 0 aliphatic carbocycles. The predicted octanol–water partition coefficient (Wildman–Crippen LogP) is 3.28. The van der Waals surface area contributed by atoms with Crippen molar-refractivity contribution in [3.8, 4) is 0 Å². The normalized spacial score (nSPS) is 12.0. The molecule has 0 aliphatic heterocycles. The average molecular weight is 320 g/mol. The predicted molar refractivity (Wildman–Crippen MR) is 96.3 cm³/mol. The number of H-pyrrole nitrogens is 1. The van der Waals surface area contributed by atoms with Crippen molar-refractivity contribution >= 4 is 16.8 Å². The monoisotopic (exact) mass is 320 g/mol. The highest BCUT2D eigenvalue weighted by atomic mass is 16.2. The maximum absolute atomic E-state index is 12.6. The van der Waals surface area contributed by atoms with Gasteiger partial charge in [0, 0.05) is 23.0 Å². The lowest BCUT2D eigenvalue weighted by Gasteiger charge is -2.15. The number of aromatic nitrogens is 1. The summed E-state index contributed by atoms with van der Waals surface area (Å²) in [5, 5.41) is 3.75. The van der Waals surface area contributed by atoms with Gasteiger partial charge in [-0.2, -0.15) is 0 Å². The van der Waals surface area contributed by atoms with Crippen molar-refractivity contribution < 1.29 is 4.79 Å². The van der Waals surface area contributed by atoms with E-state index in [2.05, 4.69) is 22.4 Å². The molecule has 122 valence electrons. The molecule has 3 rings (SSSR count). The second-order valence-electron chi connectivity index (χ2n) is 5.99. The molecule has 2 N–H and O–H groups in total. The van der Waals surface area contributed by atoms with Crippen LogP contribution in [0.3, 0.4) is 0 Å². The van der Waals surface area contributed by atoms with Crippen LogP contribution in [-0.2, 0) is 6.42 Å². The van der Waals surface area contributed by atoms with E-state index in [-0.39, 0.29) is 17.5 Å². The van der Waals surface area contributed by atoms with Crippen molar-refractivity contribution in [2.45, 2.75) is 25.8 Å². The molecule has 4 heteroatoms. The van der Waals surface area contributed by atoms with Gasteiger partial charge in [0.2, 0.25) is 5.56 Å². The average Bonchev–Trinajstić information content (AvgIpc) is 2.60. The molecule has 0 saturated carbocycles. The molecular formula is C20H20N2O2. The minimum atomic E-state index is -0.268. The summed E-state index contributed by atoms with van der Waals surface area (Å²) in [4.78, 5) is 27.1. The van der Waals surface area contributed by atoms with Crippen molar-refractivity contribution in [2.24, 2.45) is 0 Å². The van der Waals surface area contributed by atoms with E-state index in [0.29, 0.717) is 11.1 Å². The van der Waals surface area contributed by atoms with E-state index in [1.54, 1.807) is 6.07 Å². The van der Waals surface area contributed by atoms with Gasteiger partial charge in [0.1, 0.15) is 0 Å². The van der Waals surface area contributed by atoms with Gasteiger partial charge in [-0.3, -0.25) is 9.59 Å². The van der Waals surface area contributed by atoms with Crippen molar-refractivity contribution in [3.05, 3.63) is 82.1 Å². The summed E-state index contributed by atoms with van der Waals surface area (Å²) in [7, 11) is 0. The molecule has 0 fully saturated rings. The van der Waals surface area contributed by atoms with Crippen LogP contribution in [0.4, 0.5) is 0 Å². The number of aromatic amines is 1. The van der Waals surface area contributed by atoms with E-state index in [1.165, 1.54) is 11.6 Å². The second-order valence-corrected chi connectivity index (χ2v) is 5.99. The lowest BCUT2D eigenvalue weighted by atomic mass is 10.0. The number of hydrogen-bond donors (Lipinski definition) is 2. The summed E-state index contributed by atoms with van der Waals surface area (Å²) in [6.45, 7) is 1.98. The second kappa shape index (κ2) is 7.13. The largest absolute Gasteiger partial charge is 0.350 e. The van der Waals surface area contributed by atoms with Crippen LogP contribution in [0.1, 0.15) is 29.3 Å². The van der Waals surface area contributed by atoms with Crippen LogP contribution < -0.4 is 10.9 Å². The van der Waals surface area contributed by atoms with Crippen LogP contribution in [0.5, 0.6) is 0 Å². The maximum Gasteiger partial charge on any atom is 0.252 e. The molecule has 1 heterocycles. The van der Waals surface area contributed by atoms with Crippen LogP contribution >= 0.6 is 0 Å². The van der Waals surface area contributed by atoms with Crippen LogP contribution in [0.15, 0.2) is 65.5 Å². The Labute approximate surface area is 140 Å². The molecule has 1 atom stereocenters. The number of fused-ring (bicyclic) bond motifs is 1. The standard InChI is InChI=1S/C20H20N2O2/c1-14(11-12-15-7-3-2-4-8-15)21-20(24)17-13-19(23)22-18-10-6-5-9-16(17)18/h2-10,13-14H,11-12H2,1H3,(H,21,24)(H,22,23). The zero-order valence-electron chi connectivity index (χ0n) is 13.6. The molecule has 0 radical (unpaired) electrons. The smallest absolute Gasteiger partial charge is 0.252 e. The van der Waals surface area contributed by atoms with Crippen LogP contribution in [0.25, 0.3) is 10.9 Å². The first-order valence-corrected chi connectivity index (χ1v) is 8.10. The zero-order chi connectivity index (χ0) is 16.9. The highest BCUT2D eigenvalue weighted by Gasteiger charge is 2.14. The van der Waals surface area contributed by atoms with Crippen molar-refractivity contribution in [1.82, 2.24) is 10.3 Å². The van der Waals surface area contributed by atoms with Gasteiger partial charge in [0.15, 0.2) is 0 Å². The maximum atomic E-state index is 12.6. The topological polar surface area (TPSA) is 62.0 Å². The Hall–Kier alpha value is -2.88. The molecule has 0 spiro atoms. The number of nitrogens with one attached hydrogen (secondary N) is 2. The molecule has 1 amide bonds. The number of amides is 1. The molecule has 4 nitrogen and oxygen atoms in total. The molecule has 0 bridgehead atoms. The van der Waals surface area contributed by atoms with Gasteiger partial charge in [-0.05, 0) is 31.4 Å². The number of pyridine rings is 1. The SMILES string of the molecule is CC(CCc1ccccc1)NC(=O)c1cc(=O)[nH]c2ccccc12. The number of para-hydroxylation sites is 1. The first-order chi connectivity index (χ1) is 11.6. The Bertz CT molecular complexity index is 900. The molecule has 0 saturated heterocycles. The Balaban J connectivity index is 1.72. The quantitative estimate of drug-likeness (QED) is 0.758. The van der Waals surface area contributed by atoms with E-state index < -0.39 is 0 Å². The Morgan fingerprint density at radius 2 is 1.79 bits per heavy atom. The van der Waals surface area contributed by atoms with Crippen LogP contribution in [0, 0.1) is 0 Å². The van der Waals surface area contributed by atoms with E-state index in [4.69, 9.17) is 0 Å². The summed E-state index contributed by atoms with van der Waals surface area (Å²) in [5.41, 5.74) is 2.07. The van der Waals surface area contributed by atoms with Gasteiger partial charge in [0.25, 0.3) is 5.91 Å². The van der Waals surface area contributed by atoms with Crippen LogP contribution in [-0.4, -0.2) is 16.9 Å². The minimum absolute atomic E-state index is 0.0238. The first kappa shape index (κ1) is 16.0. The van der Waals surface area contributed by atoms with Crippen molar-refractivity contribution in [3.63, 3.8) is 0 Å². The summed E-state index contributed by atoms with van der Waals surface area (Å²) < 4.78 is 0. The number of carbonyl (C=O) groups excluding carboxylic acids is 1. The van der Waals surface area contributed by atoms with Crippen molar-refractivity contribution in [1.29, 1.82) is 0 Å². The zero-order valence-corrected chi connectivity index (χ0v) is 13.6. The third-order valence-electron chi connectivity index (χ3n) is 4.08. The molecular weight excluding hydrogens is 300 g/mol. The van der Waals surface area contributed by atoms with E-state index in [1.807, 2.05) is 43.3 Å². The first-order valence-electron chi connectivity index (χ1n) is 8.10. The molecule has 24 heavy (non-hydrogen) atoms. The van der Waals surface area contributed by atoms with Crippen molar-refractivity contribution in [2.75, 3.05) is 0 Å². The van der Waals surface area contributed by atoms with Gasteiger partial charge in [-0.1, -0.05) is 48.5 Å². The molecule has 1 unspecified atom stereocenters. The van der Waals surface area contributed by atoms with Gasteiger partial charge < -0.3 is 10.3 Å². The lowest BCUT2D eigenvalue weighted by Crippen LogP contribution is -2.33. The fourth-order valence-electron chi connectivity index (χ4n) is 2.79. The Kier molecular flexibility index (Phi) is 4.75. The highest BCUT2D eigenvalue weighted by Crippen LogP contribution is 2.15. The molecule has 0 aliphatic rings. The van der Waals surface area contributed by atoms with Gasteiger partial charge >= 0.3 is 0 Å². The van der Waals surface area contributed by atoms with E-state index in [9.17, 15) is 9.59 Å². The summed E-state index contributed by atoms with van der Waals surface area (Å²) in [6.07, 6.45) is 1.75. The van der Waals surface area contributed by atoms with Gasteiger partial charge in [0.05, 0.1) is 5.56 Å². The number of rotatable bonds is 5. The summed E-state index contributed by atoms with van der Waals surface area (Å²) in [5.74, 6) is -0.210. The number of benzene rings is 2. The molecule has 2 aromatic carbocycles. The minimum Gasteiger partial charge on any atom is -0.350 e. The molecule has 1 aromatic heterocycles. The van der Waals surface area contributed by atoms with E-state index >= 15 is 0 Å². The number of carbonyl (C=O) groups is 1. The molecule has 3 aromatic rings. The van der Waals surface area contributed by atoms with Gasteiger partial charge in [-0.15, -0.1) is 0 Å². The third-order valence-corrected chi connectivity index (χ3v) is 4.08. The highest BCUT2D eigenvalue weighted by molar-refractivity contribution is 6.06. The van der Waals surface area contributed by atoms with Crippen LogP contribution in [0.2, 0.25) is 0 Å².